The minimum Gasteiger partial charge on any atom is -0.273 e. The number of hydrogen-bond acceptors (Lipinski definition) is 6. The quantitative estimate of drug-likeness (QED) is 0.379. The summed E-state index contributed by atoms with van der Waals surface area (Å²) in [5.74, 6) is -0.618. The molecule has 142 valence electrons. The van der Waals surface area contributed by atoms with Crippen molar-refractivity contribution in [2.45, 2.75) is 0 Å². The molecule has 1 amide bonds. The SMILES string of the molecule is O=C(NNc1nc2ccc(F)cc2s1)c1cc(-c2cccs2)nc2ccccc12. The standard InChI is InChI=1S/C21H13FN4OS2/c22-12-7-8-16-19(10-12)29-21(24-16)26-25-20(27)14-11-17(18-6-3-9-28-18)23-15-5-2-1-4-13(14)15/h1-11H,(H,24,26)(H,25,27). The molecule has 0 saturated heterocycles. The Bertz CT molecular complexity index is 1350. The molecule has 0 saturated carbocycles. The van der Waals surface area contributed by atoms with Gasteiger partial charge in [-0.3, -0.25) is 15.6 Å². The number of carbonyl (C=O) groups excluding carboxylic acids is 1. The summed E-state index contributed by atoms with van der Waals surface area (Å²) in [6.45, 7) is 0. The smallest absolute Gasteiger partial charge is 0.270 e. The highest BCUT2D eigenvalue weighted by Crippen LogP contribution is 2.28. The van der Waals surface area contributed by atoms with Gasteiger partial charge in [0.2, 0.25) is 5.13 Å². The molecule has 0 atom stereocenters. The van der Waals surface area contributed by atoms with Crippen LogP contribution in [0.2, 0.25) is 0 Å². The van der Waals surface area contributed by atoms with Crippen LogP contribution < -0.4 is 10.9 Å². The molecule has 2 N–H and O–H groups in total. The van der Waals surface area contributed by atoms with Crippen molar-refractivity contribution in [1.29, 1.82) is 0 Å². The molecule has 29 heavy (non-hydrogen) atoms. The molecule has 0 radical (unpaired) electrons. The Kier molecular flexibility index (Phi) is 4.42. The van der Waals surface area contributed by atoms with Crippen molar-refractivity contribution >= 4 is 54.8 Å². The number of benzene rings is 2. The van der Waals surface area contributed by atoms with Crippen molar-refractivity contribution in [1.82, 2.24) is 15.4 Å². The van der Waals surface area contributed by atoms with Crippen LogP contribution in [0.5, 0.6) is 0 Å². The Labute approximate surface area is 172 Å². The van der Waals surface area contributed by atoms with Crippen molar-refractivity contribution in [2.75, 3.05) is 5.43 Å². The highest BCUT2D eigenvalue weighted by atomic mass is 32.1. The van der Waals surface area contributed by atoms with E-state index in [4.69, 9.17) is 0 Å². The average Bonchev–Trinajstić information content (AvgIpc) is 3.40. The molecule has 3 heterocycles. The van der Waals surface area contributed by atoms with Crippen LogP contribution in [0.15, 0.2) is 66.0 Å². The first-order valence-corrected chi connectivity index (χ1v) is 10.4. The van der Waals surface area contributed by atoms with Crippen molar-refractivity contribution in [3.05, 3.63) is 77.4 Å². The minimum atomic E-state index is -0.318. The topological polar surface area (TPSA) is 66.9 Å². The lowest BCUT2D eigenvalue weighted by atomic mass is 10.1. The van der Waals surface area contributed by atoms with Crippen molar-refractivity contribution in [2.24, 2.45) is 0 Å². The number of nitrogens with zero attached hydrogens (tertiary/aromatic N) is 2. The third-order valence-electron chi connectivity index (χ3n) is 4.37. The number of thiazole rings is 1. The van der Waals surface area contributed by atoms with E-state index < -0.39 is 0 Å². The predicted molar refractivity (Wildman–Crippen MR) is 116 cm³/mol. The average molecular weight is 420 g/mol. The number of rotatable bonds is 4. The second-order valence-corrected chi connectivity index (χ2v) is 8.24. The summed E-state index contributed by atoms with van der Waals surface area (Å²) in [5, 5.41) is 3.22. The molecule has 5 rings (SSSR count). The van der Waals surface area contributed by atoms with E-state index in [1.165, 1.54) is 23.5 Å². The first-order valence-electron chi connectivity index (χ1n) is 8.73. The molecule has 2 aromatic carbocycles. The molecule has 0 aliphatic heterocycles. The number of hydrogen-bond donors (Lipinski definition) is 2. The molecule has 0 aliphatic carbocycles. The van der Waals surface area contributed by atoms with Gasteiger partial charge in [0.1, 0.15) is 5.82 Å². The third kappa shape index (κ3) is 3.43. The second-order valence-electron chi connectivity index (χ2n) is 6.26. The molecular weight excluding hydrogens is 407 g/mol. The Hall–Kier alpha value is -3.36. The number of carbonyl (C=O) groups is 1. The number of pyridine rings is 1. The van der Waals surface area contributed by atoms with Gasteiger partial charge in [0.05, 0.1) is 31.9 Å². The maximum absolute atomic E-state index is 13.4. The summed E-state index contributed by atoms with van der Waals surface area (Å²) in [6.07, 6.45) is 0. The number of halogens is 1. The van der Waals surface area contributed by atoms with Crippen molar-refractivity contribution < 1.29 is 9.18 Å². The Morgan fingerprint density at radius 2 is 1.86 bits per heavy atom. The van der Waals surface area contributed by atoms with Gasteiger partial charge < -0.3 is 0 Å². The Morgan fingerprint density at radius 1 is 0.966 bits per heavy atom. The third-order valence-corrected chi connectivity index (χ3v) is 6.19. The molecule has 3 aromatic heterocycles. The van der Waals surface area contributed by atoms with Crippen LogP contribution in [-0.4, -0.2) is 15.9 Å². The molecular formula is C21H13FN4OS2. The van der Waals surface area contributed by atoms with Gasteiger partial charge >= 0.3 is 0 Å². The summed E-state index contributed by atoms with van der Waals surface area (Å²) < 4.78 is 14.1. The van der Waals surface area contributed by atoms with E-state index in [2.05, 4.69) is 20.8 Å². The highest BCUT2D eigenvalue weighted by Gasteiger charge is 2.15. The van der Waals surface area contributed by atoms with Crippen LogP contribution in [0, 0.1) is 5.82 Å². The van der Waals surface area contributed by atoms with Crippen LogP contribution >= 0.6 is 22.7 Å². The van der Waals surface area contributed by atoms with Crippen LogP contribution in [0.25, 0.3) is 31.7 Å². The molecule has 0 aliphatic rings. The summed E-state index contributed by atoms with van der Waals surface area (Å²) in [4.78, 5) is 23.0. The molecule has 0 fully saturated rings. The van der Waals surface area contributed by atoms with Crippen LogP contribution in [0.4, 0.5) is 9.52 Å². The van der Waals surface area contributed by atoms with Gasteiger partial charge in [-0.1, -0.05) is 35.6 Å². The number of anilines is 1. The number of thiophene rings is 1. The summed E-state index contributed by atoms with van der Waals surface area (Å²) >= 11 is 2.84. The number of para-hydroxylation sites is 1. The number of hydrazine groups is 1. The zero-order valence-corrected chi connectivity index (χ0v) is 16.5. The molecule has 5 nitrogen and oxygen atoms in total. The van der Waals surface area contributed by atoms with E-state index in [1.807, 2.05) is 41.8 Å². The van der Waals surface area contributed by atoms with E-state index in [1.54, 1.807) is 23.5 Å². The molecule has 5 aromatic rings. The van der Waals surface area contributed by atoms with E-state index in [0.717, 1.165) is 21.5 Å². The Morgan fingerprint density at radius 3 is 2.72 bits per heavy atom. The first-order chi connectivity index (χ1) is 14.2. The van der Waals surface area contributed by atoms with Gasteiger partial charge in [0.15, 0.2) is 0 Å². The highest BCUT2D eigenvalue weighted by molar-refractivity contribution is 7.22. The first kappa shape index (κ1) is 17.7. The fourth-order valence-corrected chi connectivity index (χ4v) is 4.57. The minimum absolute atomic E-state index is 0.299. The van der Waals surface area contributed by atoms with Gasteiger partial charge in [-0.2, -0.15) is 0 Å². The Balaban J connectivity index is 1.46. The summed E-state index contributed by atoms with van der Waals surface area (Å²) in [5.41, 5.74) is 8.21. The van der Waals surface area contributed by atoms with E-state index in [9.17, 15) is 9.18 Å². The lowest BCUT2D eigenvalue weighted by molar-refractivity contribution is 0.0964. The number of nitrogens with one attached hydrogen (secondary N) is 2. The van der Waals surface area contributed by atoms with Gasteiger partial charge in [0, 0.05) is 5.39 Å². The van der Waals surface area contributed by atoms with E-state index in [-0.39, 0.29) is 11.7 Å². The predicted octanol–water partition coefficient (Wildman–Crippen LogP) is 5.47. The number of amides is 1. The van der Waals surface area contributed by atoms with Crippen LogP contribution in [-0.2, 0) is 0 Å². The van der Waals surface area contributed by atoms with Crippen molar-refractivity contribution in [3.8, 4) is 10.6 Å². The summed E-state index contributed by atoms with van der Waals surface area (Å²) in [7, 11) is 0. The molecule has 0 spiro atoms. The van der Waals surface area contributed by atoms with Gasteiger partial charge in [0.25, 0.3) is 5.91 Å². The fraction of sp³-hybridized carbons (Fsp3) is 0. The monoisotopic (exact) mass is 420 g/mol. The molecule has 0 unspecified atom stereocenters. The van der Waals surface area contributed by atoms with Crippen molar-refractivity contribution in [3.63, 3.8) is 0 Å². The van der Waals surface area contributed by atoms with E-state index >= 15 is 0 Å². The number of fused-ring (bicyclic) bond motifs is 2. The fourth-order valence-electron chi connectivity index (χ4n) is 3.04. The second kappa shape index (κ2) is 7.23. The van der Waals surface area contributed by atoms with Crippen LogP contribution in [0.3, 0.4) is 0 Å². The maximum atomic E-state index is 13.4. The van der Waals surface area contributed by atoms with Gasteiger partial charge in [-0.05, 0) is 41.8 Å². The molecule has 8 heteroatoms. The zero-order valence-electron chi connectivity index (χ0n) is 14.8. The van der Waals surface area contributed by atoms with Crippen LogP contribution in [0.1, 0.15) is 10.4 Å². The lowest BCUT2D eigenvalue weighted by Gasteiger charge is -2.10. The zero-order chi connectivity index (χ0) is 19.8. The lowest BCUT2D eigenvalue weighted by Crippen LogP contribution is -2.29. The van der Waals surface area contributed by atoms with Gasteiger partial charge in [-0.15, -0.1) is 11.3 Å². The van der Waals surface area contributed by atoms with E-state index in [0.29, 0.717) is 20.9 Å². The maximum Gasteiger partial charge on any atom is 0.270 e. The summed E-state index contributed by atoms with van der Waals surface area (Å²) in [6, 6.07) is 17.6. The normalized spacial score (nSPS) is 11.1. The van der Waals surface area contributed by atoms with Gasteiger partial charge in [-0.25, -0.2) is 14.4 Å². The molecule has 0 bridgehead atoms. The largest absolute Gasteiger partial charge is 0.273 e. The number of aromatic nitrogens is 2.